The van der Waals surface area contributed by atoms with Crippen LogP contribution in [0.5, 0.6) is 5.75 Å². The number of urea groups is 1. The first-order valence-electron chi connectivity index (χ1n) is 13.9. The molecule has 1 unspecified atom stereocenters. The molecule has 0 bridgehead atoms. The molecule has 200 valence electrons. The summed E-state index contributed by atoms with van der Waals surface area (Å²) in [5.74, 6) is 2.23. The Morgan fingerprint density at radius 1 is 1.05 bits per heavy atom. The first-order chi connectivity index (χ1) is 18.6. The number of hydrogen-bond acceptors (Lipinski definition) is 6. The summed E-state index contributed by atoms with van der Waals surface area (Å²) < 4.78 is 5.36. The Hall–Kier alpha value is -3.62. The number of carbonyl (C=O) groups excluding carboxylic acids is 2. The minimum Gasteiger partial charge on any atom is -0.497 e. The smallest absolute Gasteiger partial charge is 0.322 e. The summed E-state index contributed by atoms with van der Waals surface area (Å²) in [7, 11) is 1.66. The third-order valence-corrected chi connectivity index (χ3v) is 8.63. The number of allylic oxidation sites excluding steroid dienone is 1. The van der Waals surface area contributed by atoms with Gasteiger partial charge in [0.15, 0.2) is 0 Å². The van der Waals surface area contributed by atoms with Gasteiger partial charge in [-0.25, -0.2) is 14.8 Å². The highest BCUT2D eigenvalue weighted by Crippen LogP contribution is 2.33. The van der Waals surface area contributed by atoms with Crippen LogP contribution in [-0.4, -0.2) is 77.6 Å². The SMILES string of the molecule is COc1ccc2c(c1)CCN(C1CCN(c3cc(C(=O)N4CCC5CCCC=C5C4)ncn3)CC1)C(=O)N2. The molecular formula is C29H36N6O3. The van der Waals surface area contributed by atoms with E-state index in [9.17, 15) is 9.59 Å². The summed E-state index contributed by atoms with van der Waals surface area (Å²) in [5.41, 5.74) is 3.84. The van der Waals surface area contributed by atoms with E-state index in [2.05, 4.69) is 26.3 Å². The molecule has 6 rings (SSSR count). The maximum absolute atomic E-state index is 13.3. The fraction of sp³-hybridized carbons (Fsp3) is 0.517. The van der Waals surface area contributed by atoms with Crippen molar-refractivity contribution in [2.45, 2.75) is 51.0 Å². The van der Waals surface area contributed by atoms with Crippen LogP contribution in [0.1, 0.15) is 54.6 Å². The summed E-state index contributed by atoms with van der Waals surface area (Å²) in [6, 6.07) is 7.76. The fourth-order valence-electron chi connectivity index (χ4n) is 6.42. The number of methoxy groups -OCH3 is 1. The third-order valence-electron chi connectivity index (χ3n) is 8.63. The van der Waals surface area contributed by atoms with Crippen LogP contribution < -0.4 is 15.0 Å². The molecule has 4 heterocycles. The second-order valence-corrected chi connectivity index (χ2v) is 10.8. The van der Waals surface area contributed by atoms with Crippen molar-refractivity contribution in [1.29, 1.82) is 0 Å². The molecule has 4 aliphatic rings. The van der Waals surface area contributed by atoms with Crippen molar-refractivity contribution in [1.82, 2.24) is 19.8 Å². The second-order valence-electron chi connectivity index (χ2n) is 10.8. The lowest BCUT2D eigenvalue weighted by Gasteiger charge is -2.38. The number of hydrogen-bond donors (Lipinski definition) is 1. The third kappa shape index (κ3) is 4.93. The Balaban J connectivity index is 1.08. The van der Waals surface area contributed by atoms with E-state index in [4.69, 9.17) is 4.74 Å². The van der Waals surface area contributed by atoms with Crippen molar-refractivity contribution in [2.75, 3.05) is 50.1 Å². The van der Waals surface area contributed by atoms with E-state index in [1.54, 1.807) is 7.11 Å². The molecule has 1 aliphatic carbocycles. The maximum atomic E-state index is 13.3. The molecule has 1 aromatic carbocycles. The lowest BCUT2D eigenvalue weighted by atomic mass is 9.82. The summed E-state index contributed by atoms with van der Waals surface area (Å²) in [6.07, 6.45) is 11.0. The first kappa shape index (κ1) is 24.7. The van der Waals surface area contributed by atoms with Gasteiger partial charge in [0, 0.05) is 50.5 Å². The summed E-state index contributed by atoms with van der Waals surface area (Å²) in [4.78, 5) is 41.3. The van der Waals surface area contributed by atoms with Crippen molar-refractivity contribution in [2.24, 2.45) is 5.92 Å². The summed E-state index contributed by atoms with van der Waals surface area (Å²) >= 11 is 0. The van der Waals surface area contributed by atoms with Crippen molar-refractivity contribution in [3.05, 3.63) is 53.5 Å². The number of aromatic nitrogens is 2. The highest BCUT2D eigenvalue weighted by Gasteiger charge is 2.32. The van der Waals surface area contributed by atoms with E-state index in [-0.39, 0.29) is 18.0 Å². The predicted octanol–water partition coefficient (Wildman–Crippen LogP) is 4.12. The van der Waals surface area contributed by atoms with Gasteiger partial charge < -0.3 is 24.8 Å². The predicted molar refractivity (Wildman–Crippen MR) is 146 cm³/mol. The molecule has 1 aromatic heterocycles. The summed E-state index contributed by atoms with van der Waals surface area (Å²) in [5, 5.41) is 3.08. The number of likely N-dealkylation sites (tertiary alicyclic amines) is 1. The molecule has 2 saturated heterocycles. The molecule has 2 fully saturated rings. The minimum absolute atomic E-state index is 0.00843. The lowest BCUT2D eigenvalue weighted by Crippen LogP contribution is -2.49. The van der Waals surface area contributed by atoms with Gasteiger partial charge in [-0.2, -0.15) is 0 Å². The average molecular weight is 517 g/mol. The molecule has 9 heteroatoms. The molecular weight excluding hydrogens is 480 g/mol. The van der Waals surface area contributed by atoms with Crippen LogP contribution in [0.2, 0.25) is 0 Å². The van der Waals surface area contributed by atoms with Crippen LogP contribution in [0.3, 0.4) is 0 Å². The van der Waals surface area contributed by atoms with E-state index in [0.29, 0.717) is 18.2 Å². The van der Waals surface area contributed by atoms with Crippen LogP contribution in [0.15, 0.2) is 42.2 Å². The number of rotatable bonds is 4. The van der Waals surface area contributed by atoms with Crippen LogP contribution in [0.4, 0.5) is 16.3 Å². The molecule has 2 aromatic rings. The number of fused-ring (bicyclic) bond motifs is 2. The van der Waals surface area contributed by atoms with Gasteiger partial charge in [0.1, 0.15) is 23.6 Å². The quantitative estimate of drug-likeness (QED) is 0.615. The minimum atomic E-state index is -0.0425. The fourth-order valence-corrected chi connectivity index (χ4v) is 6.42. The average Bonchev–Trinajstić information content (AvgIpc) is 3.14. The lowest BCUT2D eigenvalue weighted by molar-refractivity contribution is 0.0724. The number of ether oxygens (including phenoxy) is 1. The molecule has 0 radical (unpaired) electrons. The van der Waals surface area contributed by atoms with Crippen molar-refractivity contribution in [3.8, 4) is 5.75 Å². The molecule has 0 saturated carbocycles. The zero-order valence-electron chi connectivity index (χ0n) is 22.1. The molecule has 1 atom stereocenters. The van der Waals surface area contributed by atoms with E-state index < -0.39 is 0 Å². The molecule has 3 aliphatic heterocycles. The van der Waals surface area contributed by atoms with Crippen LogP contribution >= 0.6 is 0 Å². The first-order valence-corrected chi connectivity index (χ1v) is 13.9. The molecule has 0 spiro atoms. The highest BCUT2D eigenvalue weighted by atomic mass is 16.5. The number of carbonyl (C=O) groups is 2. The van der Waals surface area contributed by atoms with Gasteiger partial charge in [0.05, 0.1) is 7.11 Å². The molecule has 3 amide bonds. The number of benzene rings is 1. The zero-order valence-corrected chi connectivity index (χ0v) is 22.1. The van der Waals surface area contributed by atoms with Gasteiger partial charge in [-0.3, -0.25) is 4.79 Å². The molecule has 38 heavy (non-hydrogen) atoms. The van der Waals surface area contributed by atoms with E-state index in [1.807, 2.05) is 34.1 Å². The Labute approximate surface area is 223 Å². The van der Waals surface area contributed by atoms with Gasteiger partial charge in [0.2, 0.25) is 0 Å². The van der Waals surface area contributed by atoms with Crippen molar-refractivity contribution < 1.29 is 14.3 Å². The van der Waals surface area contributed by atoms with E-state index in [0.717, 1.165) is 81.1 Å². The van der Waals surface area contributed by atoms with Crippen LogP contribution in [0.25, 0.3) is 0 Å². The second kappa shape index (κ2) is 10.6. The largest absolute Gasteiger partial charge is 0.497 e. The molecule has 9 nitrogen and oxygen atoms in total. The number of nitrogens with one attached hydrogen (secondary N) is 1. The Morgan fingerprint density at radius 3 is 2.76 bits per heavy atom. The van der Waals surface area contributed by atoms with Crippen molar-refractivity contribution in [3.63, 3.8) is 0 Å². The number of piperidine rings is 2. The van der Waals surface area contributed by atoms with Gasteiger partial charge in [0.25, 0.3) is 5.91 Å². The summed E-state index contributed by atoms with van der Waals surface area (Å²) in [6.45, 7) is 3.75. The number of nitrogens with zero attached hydrogens (tertiary/aromatic N) is 5. The standard InChI is InChI=1S/C29H36N6O3/c1-38-24-6-7-25-21(16-24)9-15-35(29(37)32-25)23-10-13-33(14-11-23)27-17-26(30-19-31-27)28(36)34-12-8-20-4-2-3-5-22(20)18-34/h5-7,16-17,19-20,23H,2-4,8-15,18H2,1H3,(H,32,37). The number of amides is 3. The van der Waals surface area contributed by atoms with Gasteiger partial charge in [-0.15, -0.1) is 0 Å². The highest BCUT2D eigenvalue weighted by molar-refractivity contribution is 5.93. The normalized spacial score (nSPS) is 22.1. The Kier molecular flexibility index (Phi) is 6.91. The van der Waals surface area contributed by atoms with Gasteiger partial charge in [-0.1, -0.05) is 11.6 Å². The number of anilines is 2. The van der Waals surface area contributed by atoms with E-state index in [1.165, 1.54) is 24.7 Å². The Morgan fingerprint density at radius 2 is 1.92 bits per heavy atom. The maximum Gasteiger partial charge on any atom is 0.322 e. The monoisotopic (exact) mass is 516 g/mol. The van der Waals surface area contributed by atoms with Gasteiger partial charge >= 0.3 is 6.03 Å². The van der Waals surface area contributed by atoms with Gasteiger partial charge in [-0.05, 0) is 74.6 Å². The van der Waals surface area contributed by atoms with E-state index >= 15 is 0 Å². The molecule has 1 N–H and O–H groups in total. The van der Waals surface area contributed by atoms with Crippen LogP contribution in [-0.2, 0) is 6.42 Å². The zero-order chi connectivity index (χ0) is 26.1. The van der Waals surface area contributed by atoms with Crippen LogP contribution in [0, 0.1) is 5.92 Å². The topological polar surface area (TPSA) is 90.9 Å². The Bertz CT molecular complexity index is 1240. The van der Waals surface area contributed by atoms with Crippen molar-refractivity contribution >= 4 is 23.4 Å².